The standard InChI is InChI=1S/C25H26N4O2/c1-18(2)29(20-8-4-3-5-9-20)21-14-12-19(13-15-21)26-25(31)16-28-23-11-7-6-10-22(23)27-24(28)17-30/h3-15,18,30H,16-17H2,1-2H3,(H,26,31). The largest absolute Gasteiger partial charge is 0.388 e. The highest BCUT2D eigenvalue weighted by Crippen LogP contribution is 2.28. The molecular weight excluding hydrogens is 388 g/mol. The normalized spacial score (nSPS) is 11.1. The van der Waals surface area contributed by atoms with Gasteiger partial charge in [-0.05, 0) is 62.4 Å². The van der Waals surface area contributed by atoms with E-state index in [4.69, 9.17) is 0 Å². The van der Waals surface area contributed by atoms with Gasteiger partial charge in [-0.25, -0.2) is 4.98 Å². The lowest BCUT2D eigenvalue weighted by Gasteiger charge is -2.29. The molecule has 0 fully saturated rings. The molecule has 1 amide bonds. The molecule has 0 saturated carbocycles. The van der Waals surface area contributed by atoms with Gasteiger partial charge in [0.15, 0.2) is 0 Å². The summed E-state index contributed by atoms with van der Waals surface area (Å²) < 4.78 is 1.74. The fourth-order valence-electron chi connectivity index (χ4n) is 3.81. The monoisotopic (exact) mass is 414 g/mol. The molecule has 0 bridgehead atoms. The van der Waals surface area contributed by atoms with E-state index >= 15 is 0 Å². The Morgan fingerprint density at radius 1 is 0.968 bits per heavy atom. The van der Waals surface area contributed by atoms with Gasteiger partial charge in [-0.15, -0.1) is 0 Å². The second-order valence-electron chi connectivity index (χ2n) is 7.66. The third kappa shape index (κ3) is 4.44. The molecule has 0 unspecified atom stereocenters. The molecule has 4 aromatic rings. The summed E-state index contributed by atoms with van der Waals surface area (Å²) in [6.07, 6.45) is 0. The number of carbonyl (C=O) groups is 1. The number of anilines is 3. The van der Waals surface area contributed by atoms with Crippen molar-refractivity contribution in [1.29, 1.82) is 0 Å². The average molecular weight is 415 g/mol. The van der Waals surface area contributed by atoms with Crippen molar-refractivity contribution in [3.05, 3.63) is 84.7 Å². The van der Waals surface area contributed by atoms with Crippen LogP contribution in [0.15, 0.2) is 78.9 Å². The number of rotatable bonds is 7. The summed E-state index contributed by atoms with van der Waals surface area (Å²) in [4.78, 5) is 19.3. The van der Waals surface area contributed by atoms with Crippen LogP contribution in [0.3, 0.4) is 0 Å². The van der Waals surface area contributed by atoms with Crippen molar-refractivity contribution in [1.82, 2.24) is 9.55 Å². The Hall–Kier alpha value is -3.64. The molecule has 0 saturated heterocycles. The molecule has 31 heavy (non-hydrogen) atoms. The molecule has 0 aliphatic rings. The molecule has 0 aliphatic heterocycles. The third-order valence-corrected chi connectivity index (χ3v) is 5.16. The van der Waals surface area contributed by atoms with Crippen molar-refractivity contribution in [2.24, 2.45) is 0 Å². The summed E-state index contributed by atoms with van der Waals surface area (Å²) in [7, 11) is 0. The summed E-state index contributed by atoms with van der Waals surface area (Å²) in [5.74, 6) is 0.302. The van der Waals surface area contributed by atoms with Crippen molar-refractivity contribution in [3.8, 4) is 0 Å². The first-order valence-corrected chi connectivity index (χ1v) is 10.4. The number of amides is 1. The Morgan fingerprint density at radius 3 is 2.29 bits per heavy atom. The van der Waals surface area contributed by atoms with E-state index in [9.17, 15) is 9.90 Å². The molecule has 1 aromatic heterocycles. The van der Waals surface area contributed by atoms with Crippen LogP contribution >= 0.6 is 0 Å². The molecule has 3 aromatic carbocycles. The van der Waals surface area contributed by atoms with E-state index in [1.807, 2.05) is 66.7 Å². The van der Waals surface area contributed by atoms with Crippen LogP contribution in [-0.4, -0.2) is 26.6 Å². The number of aliphatic hydroxyl groups is 1. The zero-order valence-electron chi connectivity index (χ0n) is 17.7. The Labute approximate surface area is 181 Å². The molecule has 0 aliphatic carbocycles. The highest BCUT2D eigenvalue weighted by molar-refractivity contribution is 5.92. The minimum absolute atomic E-state index is 0.0836. The lowest BCUT2D eigenvalue weighted by molar-refractivity contribution is -0.116. The fourth-order valence-corrected chi connectivity index (χ4v) is 3.81. The van der Waals surface area contributed by atoms with Gasteiger partial charge in [-0.1, -0.05) is 30.3 Å². The third-order valence-electron chi connectivity index (χ3n) is 5.16. The summed E-state index contributed by atoms with van der Waals surface area (Å²) >= 11 is 0. The maximum Gasteiger partial charge on any atom is 0.244 e. The second-order valence-corrected chi connectivity index (χ2v) is 7.66. The van der Waals surface area contributed by atoms with E-state index in [-0.39, 0.29) is 25.1 Å². The summed E-state index contributed by atoms with van der Waals surface area (Å²) in [6, 6.07) is 25.9. The zero-order chi connectivity index (χ0) is 21.8. The number of carbonyl (C=O) groups excluding carboxylic acids is 1. The molecule has 2 N–H and O–H groups in total. The van der Waals surface area contributed by atoms with Crippen LogP contribution in [0, 0.1) is 0 Å². The van der Waals surface area contributed by atoms with Gasteiger partial charge in [0.05, 0.1) is 11.0 Å². The Bertz CT molecular complexity index is 1170. The first-order valence-electron chi connectivity index (χ1n) is 10.4. The molecule has 6 nitrogen and oxygen atoms in total. The number of aromatic nitrogens is 2. The van der Waals surface area contributed by atoms with Crippen LogP contribution in [0.4, 0.5) is 17.1 Å². The number of hydrogen-bond acceptors (Lipinski definition) is 4. The van der Waals surface area contributed by atoms with E-state index in [2.05, 4.69) is 41.2 Å². The molecule has 1 heterocycles. The molecule has 158 valence electrons. The number of fused-ring (bicyclic) bond motifs is 1. The Morgan fingerprint density at radius 2 is 1.61 bits per heavy atom. The maximum atomic E-state index is 12.7. The zero-order valence-corrected chi connectivity index (χ0v) is 17.7. The SMILES string of the molecule is CC(C)N(c1ccccc1)c1ccc(NC(=O)Cn2c(CO)nc3ccccc32)cc1. The van der Waals surface area contributed by atoms with Gasteiger partial charge in [-0.3, -0.25) is 4.79 Å². The number of para-hydroxylation sites is 3. The fraction of sp³-hybridized carbons (Fsp3) is 0.200. The number of imidazole rings is 1. The van der Waals surface area contributed by atoms with Crippen LogP contribution in [-0.2, 0) is 17.9 Å². The van der Waals surface area contributed by atoms with Crippen molar-refractivity contribution in [2.75, 3.05) is 10.2 Å². The van der Waals surface area contributed by atoms with Gasteiger partial charge >= 0.3 is 0 Å². The highest BCUT2D eigenvalue weighted by atomic mass is 16.3. The predicted molar refractivity (Wildman–Crippen MR) is 124 cm³/mol. The Balaban J connectivity index is 1.50. The highest BCUT2D eigenvalue weighted by Gasteiger charge is 2.15. The Kier molecular flexibility index (Phi) is 6.00. The van der Waals surface area contributed by atoms with Crippen LogP contribution in [0.1, 0.15) is 19.7 Å². The average Bonchev–Trinajstić information content (AvgIpc) is 3.13. The van der Waals surface area contributed by atoms with Crippen LogP contribution in [0.5, 0.6) is 0 Å². The molecule has 0 radical (unpaired) electrons. The van der Waals surface area contributed by atoms with Crippen LogP contribution < -0.4 is 10.2 Å². The van der Waals surface area contributed by atoms with Crippen molar-refractivity contribution in [2.45, 2.75) is 33.0 Å². The minimum Gasteiger partial charge on any atom is -0.388 e. The number of hydrogen-bond donors (Lipinski definition) is 2. The van der Waals surface area contributed by atoms with Gasteiger partial charge in [0.1, 0.15) is 19.0 Å². The van der Waals surface area contributed by atoms with Crippen molar-refractivity contribution < 1.29 is 9.90 Å². The second kappa shape index (κ2) is 9.02. The predicted octanol–water partition coefficient (Wildman–Crippen LogP) is 4.71. The van der Waals surface area contributed by atoms with E-state index in [1.165, 1.54) is 0 Å². The summed E-state index contributed by atoms with van der Waals surface area (Å²) in [6.45, 7) is 4.16. The van der Waals surface area contributed by atoms with Gasteiger partial charge in [-0.2, -0.15) is 0 Å². The molecule has 0 spiro atoms. The smallest absolute Gasteiger partial charge is 0.244 e. The van der Waals surface area contributed by atoms with E-state index in [1.54, 1.807) is 4.57 Å². The maximum absolute atomic E-state index is 12.7. The van der Waals surface area contributed by atoms with Crippen LogP contribution in [0.2, 0.25) is 0 Å². The van der Waals surface area contributed by atoms with Gasteiger partial charge < -0.3 is 19.9 Å². The van der Waals surface area contributed by atoms with Crippen LogP contribution in [0.25, 0.3) is 11.0 Å². The number of nitrogens with one attached hydrogen (secondary N) is 1. The van der Waals surface area contributed by atoms with E-state index < -0.39 is 0 Å². The topological polar surface area (TPSA) is 70.4 Å². The van der Waals surface area contributed by atoms with E-state index in [0.29, 0.717) is 5.82 Å². The quantitative estimate of drug-likeness (QED) is 0.459. The summed E-state index contributed by atoms with van der Waals surface area (Å²) in [5, 5.41) is 12.6. The van der Waals surface area contributed by atoms with Gasteiger partial charge in [0, 0.05) is 23.1 Å². The lowest BCUT2D eigenvalue weighted by atomic mass is 10.2. The summed E-state index contributed by atoms with van der Waals surface area (Å²) in [5.41, 5.74) is 4.49. The minimum atomic E-state index is -0.221. The first-order chi connectivity index (χ1) is 15.1. The van der Waals surface area contributed by atoms with Crippen molar-refractivity contribution >= 4 is 34.0 Å². The molecule has 0 atom stereocenters. The van der Waals surface area contributed by atoms with Crippen molar-refractivity contribution in [3.63, 3.8) is 0 Å². The number of aliphatic hydroxyl groups excluding tert-OH is 1. The molecular formula is C25H26N4O2. The number of benzene rings is 3. The number of nitrogens with zero attached hydrogens (tertiary/aromatic N) is 3. The molecule has 6 heteroatoms. The van der Waals surface area contributed by atoms with Gasteiger partial charge in [0.2, 0.25) is 5.91 Å². The molecule has 4 rings (SSSR count). The lowest BCUT2D eigenvalue weighted by Crippen LogP contribution is -2.25. The van der Waals surface area contributed by atoms with Gasteiger partial charge in [0.25, 0.3) is 0 Å². The van der Waals surface area contributed by atoms with E-state index in [0.717, 1.165) is 28.1 Å². The first kappa shape index (κ1) is 20.6.